The highest BCUT2D eigenvalue weighted by atomic mass is 16.4. The van der Waals surface area contributed by atoms with Gasteiger partial charge in [-0.15, -0.1) is 5.10 Å². The van der Waals surface area contributed by atoms with Gasteiger partial charge in [0.15, 0.2) is 5.76 Å². The lowest BCUT2D eigenvalue weighted by Gasteiger charge is -2.03. The van der Waals surface area contributed by atoms with E-state index in [-0.39, 0.29) is 5.69 Å². The average Bonchev–Trinajstić information content (AvgIpc) is 2.83. The second-order valence-electron chi connectivity index (χ2n) is 3.68. The molecule has 0 fully saturated rings. The lowest BCUT2D eigenvalue weighted by atomic mass is 10.2. The van der Waals surface area contributed by atoms with Crippen LogP contribution in [-0.2, 0) is 6.54 Å². The Labute approximate surface area is 97.2 Å². The van der Waals surface area contributed by atoms with Crippen LogP contribution < -0.4 is 0 Å². The Balaban J connectivity index is 2.55. The van der Waals surface area contributed by atoms with Crippen molar-refractivity contribution in [2.45, 2.75) is 13.5 Å². The van der Waals surface area contributed by atoms with Gasteiger partial charge in [-0.1, -0.05) is 17.4 Å². The number of hydrogen-bond acceptors (Lipinski definition) is 4. The Morgan fingerprint density at radius 1 is 1.65 bits per heavy atom. The number of aromatic carboxylic acids is 1. The quantitative estimate of drug-likeness (QED) is 0.814. The summed E-state index contributed by atoms with van der Waals surface area (Å²) < 4.78 is 6.66. The molecule has 0 spiro atoms. The summed E-state index contributed by atoms with van der Waals surface area (Å²) in [6.07, 6.45) is 1.47. The Bertz CT molecular complexity index is 555. The zero-order valence-corrected chi connectivity index (χ0v) is 9.25. The SMILES string of the molecule is C=C(C)Cn1nnc(C(=O)O)c1-c1ccco1. The molecule has 0 amide bonds. The third kappa shape index (κ3) is 2.10. The molecule has 0 unspecified atom stereocenters. The summed E-state index contributed by atoms with van der Waals surface area (Å²) in [5, 5.41) is 16.5. The Hall–Kier alpha value is -2.37. The van der Waals surface area contributed by atoms with Crippen LogP contribution in [0.5, 0.6) is 0 Å². The third-order valence-corrected chi connectivity index (χ3v) is 2.11. The lowest BCUT2D eigenvalue weighted by Crippen LogP contribution is -2.05. The van der Waals surface area contributed by atoms with Gasteiger partial charge in [0.2, 0.25) is 5.69 Å². The minimum absolute atomic E-state index is 0.124. The van der Waals surface area contributed by atoms with Gasteiger partial charge in [0.25, 0.3) is 0 Å². The van der Waals surface area contributed by atoms with Crippen molar-refractivity contribution in [3.05, 3.63) is 36.2 Å². The van der Waals surface area contributed by atoms with Crippen LogP contribution in [-0.4, -0.2) is 26.1 Å². The molecule has 88 valence electrons. The monoisotopic (exact) mass is 233 g/mol. The topological polar surface area (TPSA) is 81.2 Å². The number of hydrogen-bond donors (Lipinski definition) is 1. The first-order valence-electron chi connectivity index (χ1n) is 4.94. The van der Waals surface area contributed by atoms with Crippen molar-refractivity contribution in [1.29, 1.82) is 0 Å². The molecule has 0 aliphatic rings. The second-order valence-corrected chi connectivity index (χ2v) is 3.68. The van der Waals surface area contributed by atoms with Crippen LogP contribution in [0.25, 0.3) is 11.5 Å². The molecule has 6 nitrogen and oxygen atoms in total. The Morgan fingerprint density at radius 2 is 2.41 bits per heavy atom. The van der Waals surface area contributed by atoms with Gasteiger partial charge in [-0.25, -0.2) is 9.48 Å². The molecule has 2 rings (SSSR count). The van der Waals surface area contributed by atoms with Crippen LogP contribution in [0.15, 0.2) is 35.0 Å². The summed E-state index contributed by atoms with van der Waals surface area (Å²) in [7, 11) is 0. The fraction of sp³-hybridized carbons (Fsp3) is 0.182. The highest BCUT2D eigenvalue weighted by Crippen LogP contribution is 2.23. The molecule has 0 bridgehead atoms. The number of carboxylic acids is 1. The number of furan rings is 1. The van der Waals surface area contributed by atoms with E-state index in [9.17, 15) is 4.79 Å². The molecule has 0 saturated carbocycles. The van der Waals surface area contributed by atoms with E-state index >= 15 is 0 Å². The number of allylic oxidation sites excluding steroid dienone is 1. The highest BCUT2D eigenvalue weighted by Gasteiger charge is 2.22. The normalized spacial score (nSPS) is 10.4. The minimum atomic E-state index is -1.13. The van der Waals surface area contributed by atoms with E-state index in [4.69, 9.17) is 9.52 Å². The van der Waals surface area contributed by atoms with Crippen LogP contribution in [0.1, 0.15) is 17.4 Å². The maximum atomic E-state index is 11.0. The summed E-state index contributed by atoms with van der Waals surface area (Å²) >= 11 is 0. The largest absolute Gasteiger partial charge is 0.476 e. The molecule has 2 aromatic heterocycles. The number of aromatic nitrogens is 3. The fourth-order valence-corrected chi connectivity index (χ4v) is 1.48. The Morgan fingerprint density at radius 3 is 2.94 bits per heavy atom. The molecule has 0 aliphatic heterocycles. The van der Waals surface area contributed by atoms with Crippen molar-refractivity contribution in [2.75, 3.05) is 0 Å². The van der Waals surface area contributed by atoms with Gasteiger partial charge < -0.3 is 9.52 Å². The van der Waals surface area contributed by atoms with Crippen LogP contribution in [0.4, 0.5) is 0 Å². The van der Waals surface area contributed by atoms with Gasteiger partial charge in [-0.05, 0) is 19.1 Å². The summed E-state index contributed by atoms with van der Waals surface area (Å²) in [5.74, 6) is -0.710. The second kappa shape index (κ2) is 4.25. The van der Waals surface area contributed by atoms with Crippen LogP contribution in [0, 0.1) is 0 Å². The zero-order chi connectivity index (χ0) is 12.4. The number of rotatable bonds is 4. The fourth-order valence-electron chi connectivity index (χ4n) is 1.48. The first-order chi connectivity index (χ1) is 8.09. The van der Waals surface area contributed by atoms with E-state index in [1.165, 1.54) is 10.9 Å². The highest BCUT2D eigenvalue weighted by molar-refractivity contribution is 5.91. The average molecular weight is 233 g/mol. The summed E-state index contributed by atoms with van der Waals surface area (Å²) in [5.41, 5.74) is 1.08. The Kier molecular flexibility index (Phi) is 2.78. The van der Waals surface area contributed by atoms with Crippen molar-refractivity contribution in [1.82, 2.24) is 15.0 Å². The summed E-state index contributed by atoms with van der Waals surface area (Å²) in [6, 6.07) is 3.35. The predicted octanol–water partition coefficient (Wildman–Crippen LogP) is 1.81. The molecule has 1 N–H and O–H groups in total. The van der Waals surface area contributed by atoms with Crippen molar-refractivity contribution < 1.29 is 14.3 Å². The maximum Gasteiger partial charge on any atom is 0.358 e. The van der Waals surface area contributed by atoms with E-state index in [1.807, 2.05) is 6.92 Å². The van der Waals surface area contributed by atoms with Gasteiger partial charge in [-0.2, -0.15) is 0 Å². The smallest absolute Gasteiger partial charge is 0.358 e. The maximum absolute atomic E-state index is 11.0. The van der Waals surface area contributed by atoms with E-state index < -0.39 is 5.97 Å². The summed E-state index contributed by atoms with van der Waals surface area (Å²) in [6.45, 7) is 5.99. The van der Waals surface area contributed by atoms with Crippen molar-refractivity contribution in [2.24, 2.45) is 0 Å². The van der Waals surface area contributed by atoms with E-state index in [0.29, 0.717) is 18.0 Å². The number of nitrogens with zero attached hydrogens (tertiary/aromatic N) is 3. The first-order valence-corrected chi connectivity index (χ1v) is 4.94. The molecule has 2 heterocycles. The van der Waals surface area contributed by atoms with E-state index in [0.717, 1.165) is 5.57 Å². The third-order valence-electron chi connectivity index (χ3n) is 2.11. The van der Waals surface area contributed by atoms with Crippen LogP contribution in [0.3, 0.4) is 0 Å². The number of carbonyl (C=O) groups is 1. The van der Waals surface area contributed by atoms with Crippen LogP contribution in [0.2, 0.25) is 0 Å². The predicted molar refractivity (Wildman–Crippen MR) is 59.5 cm³/mol. The first kappa shape index (κ1) is 11.1. The summed E-state index contributed by atoms with van der Waals surface area (Å²) in [4.78, 5) is 11.0. The standard InChI is InChI=1S/C11H11N3O3/c1-7(2)6-14-10(8-4-3-5-17-8)9(11(15)16)12-13-14/h3-5H,1,6H2,2H3,(H,15,16). The molecule has 0 aromatic carbocycles. The van der Waals surface area contributed by atoms with Gasteiger partial charge in [0.05, 0.1) is 12.8 Å². The van der Waals surface area contributed by atoms with Gasteiger partial charge in [0.1, 0.15) is 5.69 Å². The molecular formula is C11H11N3O3. The molecule has 0 saturated heterocycles. The van der Waals surface area contributed by atoms with Crippen LogP contribution >= 0.6 is 0 Å². The molecule has 0 aliphatic carbocycles. The van der Waals surface area contributed by atoms with Gasteiger partial charge in [-0.3, -0.25) is 0 Å². The zero-order valence-electron chi connectivity index (χ0n) is 9.25. The van der Waals surface area contributed by atoms with E-state index in [1.54, 1.807) is 12.1 Å². The van der Waals surface area contributed by atoms with E-state index in [2.05, 4.69) is 16.9 Å². The minimum Gasteiger partial charge on any atom is -0.476 e. The van der Waals surface area contributed by atoms with Crippen molar-refractivity contribution in [3.8, 4) is 11.5 Å². The van der Waals surface area contributed by atoms with Crippen molar-refractivity contribution in [3.63, 3.8) is 0 Å². The molecule has 17 heavy (non-hydrogen) atoms. The molecule has 0 radical (unpaired) electrons. The lowest BCUT2D eigenvalue weighted by molar-refractivity contribution is 0.0691. The number of carboxylic acid groups (broad SMARTS) is 1. The van der Waals surface area contributed by atoms with Crippen molar-refractivity contribution >= 4 is 5.97 Å². The van der Waals surface area contributed by atoms with Gasteiger partial charge >= 0.3 is 5.97 Å². The molecular weight excluding hydrogens is 222 g/mol. The molecule has 2 aromatic rings. The molecule has 0 atom stereocenters. The molecule has 6 heteroatoms. The van der Waals surface area contributed by atoms with Gasteiger partial charge in [0, 0.05) is 0 Å².